The maximum atomic E-state index is 12.1. The van der Waals surface area contributed by atoms with Gasteiger partial charge in [0.1, 0.15) is 24.2 Å². The molecule has 2 unspecified atom stereocenters. The third-order valence-corrected chi connectivity index (χ3v) is 7.08. The molecule has 2 heterocycles. The molecule has 0 spiro atoms. The van der Waals surface area contributed by atoms with E-state index in [2.05, 4.69) is 67.0 Å². The van der Waals surface area contributed by atoms with Crippen molar-refractivity contribution in [1.82, 2.24) is 15.1 Å². The number of carbonyl (C=O) groups excluding carboxylic acids is 1. The molecular formula is C33H39N3O4. The molecule has 40 heavy (non-hydrogen) atoms. The summed E-state index contributed by atoms with van der Waals surface area (Å²) in [6, 6.07) is 22.8. The molecule has 1 aliphatic heterocycles. The van der Waals surface area contributed by atoms with Crippen molar-refractivity contribution in [3.63, 3.8) is 0 Å². The summed E-state index contributed by atoms with van der Waals surface area (Å²) in [6.45, 7) is 9.39. The highest BCUT2D eigenvalue weighted by molar-refractivity contribution is 5.93. The van der Waals surface area contributed by atoms with Crippen molar-refractivity contribution in [2.24, 2.45) is 0 Å². The molecule has 1 fully saturated rings. The van der Waals surface area contributed by atoms with Gasteiger partial charge in [-0.1, -0.05) is 61.5 Å². The lowest BCUT2D eigenvalue weighted by atomic mass is 9.96. The zero-order valence-corrected chi connectivity index (χ0v) is 23.9. The normalized spacial score (nSPS) is 16.4. The Kier molecular flexibility index (Phi) is 8.40. The molecule has 1 N–H and O–H groups in total. The largest absolute Gasteiger partial charge is 0.487 e. The number of alkyl carbamates (subject to hydrolysis) is 1. The van der Waals surface area contributed by atoms with Crippen molar-refractivity contribution in [3.05, 3.63) is 84.1 Å². The van der Waals surface area contributed by atoms with Crippen LogP contribution in [-0.2, 0) is 16.1 Å². The number of nitrogens with zero attached hydrogens (tertiary/aromatic N) is 2. The highest BCUT2D eigenvalue weighted by Gasteiger charge is 2.21. The second-order valence-electron chi connectivity index (χ2n) is 11.5. The molecule has 7 nitrogen and oxygen atoms in total. The Morgan fingerprint density at radius 2 is 1.85 bits per heavy atom. The van der Waals surface area contributed by atoms with Crippen molar-refractivity contribution in [2.75, 3.05) is 13.2 Å². The molecule has 0 saturated carbocycles. The predicted molar refractivity (Wildman–Crippen MR) is 157 cm³/mol. The van der Waals surface area contributed by atoms with Crippen LogP contribution >= 0.6 is 0 Å². The van der Waals surface area contributed by atoms with Crippen molar-refractivity contribution in [1.29, 1.82) is 0 Å². The van der Waals surface area contributed by atoms with E-state index in [1.165, 1.54) is 0 Å². The van der Waals surface area contributed by atoms with Crippen LogP contribution < -0.4 is 10.1 Å². The second-order valence-corrected chi connectivity index (χ2v) is 11.5. The second kappa shape index (κ2) is 12.1. The molecule has 1 amide bonds. The van der Waals surface area contributed by atoms with Gasteiger partial charge < -0.3 is 19.5 Å². The molecule has 0 bridgehead atoms. The van der Waals surface area contributed by atoms with Crippen molar-refractivity contribution < 1.29 is 19.0 Å². The van der Waals surface area contributed by atoms with Gasteiger partial charge in [-0.25, -0.2) is 9.48 Å². The Labute approximate surface area is 236 Å². The molecule has 1 aromatic heterocycles. The lowest BCUT2D eigenvalue weighted by Gasteiger charge is -2.22. The Bertz CT molecular complexity index is 1420. The van der Waals surface area contributed by atoms with Crippen LogP contribution in [0.5, 0.6) is 5.75 Å². The lowest BCUT2D eigenvalue weighted by molar-refractivity contribution is -0.0390. The first kappa shape index (κ1) is 27.7. The molecule has 5 rings (SSSR count). The van der Waals surface area contributed by atoms with E-state index in [4.69, 9.17) is 19.3 Å². The summed E-state index contributed by atoms with van der Waals surface area (Å²) in [7, 11) is 0. The summed E-state index contributed by atoms with van der Waals surface area (Å²) in [5, 5.41) is 8.70. The third kappa shape index (κ3) is 6.83. The van der Waals surface area contributed by atoms with Gasteiger partial charge in [-0.3, -0.25) is 0 Å². The van der Waals surface area contributed by atoms with Gasteiger partial charge in [0.15, 0.2) is 0 Å². The van der Waals surface area contributed by atoms with Crippen LogP contribution in [0.2, 0.25) is 0 Å². The number of amides is 1. The first-order valence-electron chi connectivity index (χ1n) is 14.1. The number of ether oxygens (including phenoxy) is 3. The van der Waals surface area contributed by atoms with E-state index < -0.39 is 11.7 Å². The smallest absolute Gasteiger partial charge is 0.407 e. The maximum Gasteiger partial charge on any atom is 0.407 e. The molecule has 1 aliphatic rings. The van der Waals surface area contributed by atoms with Gasteiger partial charge in [0, 0.05) is 24.9 Å². The number of rotatable bonds is 8. The van der Waals surface area contributed by atoms with Gasteiger partial charge in [-0.05, 0) is 74.8 Å². The standard InChI is InChI=1S/C33H39N3O4/c1-23(20-34-32(37)40-33(2,3)4)25-13-15-26(16-14-25)27-17-18-29-28(21-36(35-29)30-12-8-9-19-38-30)31(27)39-22-24-10-6-5-7-11-24/h5-7,10-11,13-18,21,23,30H,8-9,12,19-20,22H2,1-4H3,(H,34,37). The predicted octanol–water partition coefficient (Wildman–Crippen LogP) is 7.61. The molecule has 0 aliphatic carbocycles. The molecule has 2 atom stereocenters. The fourth-order valence-corrected chi connectivity index (χ4v) is 4.94. The van der Waals surface area contributed by atoms with Gasteiger partial charge in [-0.2, -0.15) is 5.10 Å². The van der Waals surface area contributed by atoms with Gasteiger partial charge in [-0.15, -0.1) is 0 Å². The highest BCUT2D eigenvalue weighted by Crippen LogP contribution is 2.38. The van der Waals surface area contributed by atoms with Crippen LogP contribution in [0.4, 0.5) is 4.79 Å². The first-order valence-corrected chi connectivity index (χ1v) is 14.1. The number of benzene rings is 3. The molecule has 4 aromatic rings. The SMILES string of the molecule is CC(CNC(=O)OC(C)(C)C)c1ccc(-c2ccc3nn(C4CCCCO4)cc3c2OCc2ccccc2)cc1. The summed E-state index contributed by atoms with van der Waals surface area (Å²) in [5.74, 6) is 0.947. The minimum absolute atomic E-state index is 0.0402. The zero-order chi connectivity index (χ0) is 28.1. The van der Waals surface area contributed by atoms with Crippen LogP contribution in [0.15, 0.2) is 72.9 Å². The molecule has 1 saturated heterocycles. The number of nitrogens with one attached hydrogen (secondary N) is 1. The Hall–Kier alpha value is -3.84. The summed E-state index contributed by atoms with van der Waals surface area (Å²) >= 11 is 0. The Morgan fingerprint density at radius 3 is 2.55 bits per heavy atom. The number of fused-ring (bicyclic) bond motifs is 1. The molecule has 0 radical (unpaired) electrons. The summed E-state index contributed by atoms with van der Waals surface area (Å²) < 4.78 is 19.8. The zero-order valence-electron chi connectivity index (χ0n) is 23.9. The fourth-order valence-electron chi connectivity index (χ4n) is 4.94. The quantitative estimate of drug-likeness (QED) is 0.248. The minimum atomic E-state index is -0.518. The van der Waals surface area contributed by atoms with Crippen LogP contribution in [0.25, 0.3) is 22.0 Å². The Balaban J connectivity index is 1.40. The van der Waals surface area contributed by atoms with E-state index in [0.29, 0.717) is 13.2 Å². The number of hydrogen-bond acceptors (Lipinski definition) is 5. The van der Waals surface area contributed by atoms with Crippen molar-refractivity contribution in [3.8, 4) is 16.9 Å². The molecular weight excluding hydrogens is 502 g/mol. The molecule has 210 valence electrons. The topological polar surface area (TPSA) is 74.6 Å². The molecule has 7 heteroatoms. The molecule has 3 aromatic carbocycles. The van der Waals surface area contributed by atoms with E-state index in [-0.39, 0.29) is 12.1 Å². The fraction of sp³-hybridized carbons (Fsp3) is 0.394. The highest BCUT2D eigenvalue weighted by atomic mass is 16.6. The van der Waals surface area contributed by atoms with E-state index in [1.807, 2.05) is 43.7 Å². The van der Waals surface area contributed by atoms with Gasteiger partial charge in [0.05, 0.1) is 10.9 Å². The monoisotopic (exact) mass is 541 g/mol. The van der Waals surface area contributed by atoms with Crippen LogP contribution in [0, 0.1) is 0 Å². The maximum absolute atomic E-state index is 12.1. The van der Waals surface area contributed by atoms with E-state index in [9.17, 15) is 4.79 Å². The van der Waals surface area contributed by atoms with E-state index in [1.54, 1.807) is 0 Å². The van der Waals surface area contributed by atoms with Crippen molar-refractivity contribution in [2.45, 2.75) is 71.3 Å². The van der Waals surface area contributed by atoms with Crippen molar-refractivity contribution >= 4 is 17.0 Å². The van der Waals surface area contributed by atoms with E-state index in [0.717, 1.165) is 64.8 Å². The first-order chi connectivity index (χ1) is 19.3. The Morgan fingerprint density at radius 1 is 1.07 bits per heavy atom. The average Bonchev–Trinajstić information content (AvgIpc) is 3.40. The third-order valence-electron chi connectivity index (χ3n) is 7.08. The minimum Gasteiger partial charge on any atom is -0.487 e. The number of hydrogen-bond donors (Lipinski definition) is 1. The van der Waals surface area contributed by atoms with Crippen LogP contribution in [-0.4, -0.2) is 34.6 Å². The van der Waals surface area contributed by atoms with Gasteiger partial charge >= 0.3 is 6.09 Å². The lowest BCUT2D eigenvalue weighted by Crippen LogP contribution is -2.34. The summed E-state index contributed by atoms with van der Waals surface area (Å²) in [4.78, 5) is 12.1. The van der Waals surface area contributed by atoms with Gasteiger partial charge in [0.25, 0.3) is 0 Å². The van der Waals surface area contributed by atoms with Crippen LogP contribution in [0.3, 0.4) is 0 Å². The van der Waals surface area contributed by atoms with E-state index >= 15 is 0 Å². The number of aromatic nitrogens is 2. The number of carbonyl (C=O) groups is 1. The van der Waals surface area contributed by atoms with Crippen LogP contribution in [0.1, 0.15) is 70.2 Å². The van der Waals surface area contributed by atoms with Gasteiger partial charge in [0.2, 0.25) is 0 Å². The summed E-state index contributed by atoms with van der Waals surface area (Å²) in [6.07, 6.45) is 4.82. The summed E-state index contributed by atoms with van der Waals surface area (Å²) in [5.41, 5.74) is 4.68. The average molecular weight is 542 g/mol.